The second-order valence-electron chi connectivity index (χ2n) is 7.50. The minimum Gasteiger partial charge on any atom is -0.340 e. The molecule has 2 atom stereocenters. The molecule has 3 nitrogen and oxygen atoms in total. The van der Waals surface area contributed by atoms with Crippen LogP contribution in [0.4, 0.5) is 0 Å². The normalized spacial score (nSPS) is 19.0. The molecular formula is C26H22BrN3. The summed E-state index contributed by atoms with van der Waals surface area (Å²) in [6.45, 7) is 0. The maximum absolute atomic E-state index is 5.09. The first-order valence-corrected chi connectivity index (χ1v) is 10.9. The Balaban J connectivity index is 1.64. The zero-order chi connectivity index (χ0) is 20.5. The van der Waals surface area contributed by atoms with Crippen LogP contribution >= 0.6 is 15.9 Å². The van der Waals surface area contributed by atoms with Gasteiger partial charge in [-0.25, -0.2) is 4.99 Å². The molecule has 0 saturated heterocycles. The lowest BCUT2D eigenvalue weighted by Crippen LogP contribution is -2.46. The Bertz CT molecular complexity index is 1200. The van der Waals surface area contributed by atoms with Crippen LogP contribution in [0.25, 0.3) is 10.8 Å². The molecule has 148 valence electrons. The number of hydrogen-bond donors (Lipinski definition) is 1. The van der Waals surface area contributed by atoms with E-state index in [4.69, 9.17) is 4.99 Å². The zero-order valence-corrected chi connectivity index (χ0v) is 18.3. The highest BCUT2D eigenvalue weighted by molar-refractivity contribution is 9.10. The van der Waals surface area contributed by atoms with Crippen molar-refractivity contribution < 1.29 is 0 Å². The van der Waals surface area contributed by atoms with Gasteiger partial charge in [-0.05, 0) is 32.3 Å². The molecule has 2 unspecified atom stereocenters. The lowest BCUT2D eigenvalue weighted by molar-refractivity contribution is 0.257. The predicted octanol–water partition coefficient (Wildman–Crippen LogP) is 6.28. The van der Waals surface area contributed by atoms with Gasteiger partial charge in [0.25, 0.3) is 0 Å². The molecule has 4 aromatic carbocycles. The van der Waals surface area contributed by atoms with Gasteiger partial charge in [-0.3, -0.25) is 5.32 Å². The number of hydrogen-bond acceptors (Lipinski definition) is 3. The number of rotatable bonds is 3. The third kappa shape index (κ3) is 3.42. The fourth-order valence-corrected chi connectivity index (χ4v) is 4.78. The molecule has 1 heterocycles. The largest absolute Gasteiger partial charge is 0.340 e. The molecule has 0 saturated carbocycles. The second-order valence-corrected chi connectivity index (χ2v) is 8.29. The Morgan fingerprint density at radius 3 is 2.23 bits per heavy atom. The summed E-state index contributed by atoms with van der Waals surface area (Å²) in [6, 6.07) is 33.7. The lowest BCUT2D eigenvalue weighted by atomic mass is 10.0. The highest BCUT2D eigenvalue weighted by atomic mass is 79.9. The van der Waals surface area contributed by atoms with Gasteiger partial charge in [-0.15, -0.1) is 0 Å². The number of aliphatic imine (C=N–C) groups is 1. The first kappa shape index (κ1) is 19.0. The standard InChI is InChI=1S/C26H22BrN3/c1-30-25(20-13-6-3-7-14-20)28-24(19-11-4-2-5-12-19)29-26(30)22-17-16-18-10-8-9-15-21(18)23(22)27/h2-17,24,26,29H,1H3. The van der Waals surface area contributed by atoms with E-state index < -0.39 is 0 Å². The van der Waals surface area contributed by atoms with Crippen molar-refractivity contribution in [3.63, 3.8) is 0 Å². The zero-order valence-electron chi connectivity index (χ0n) is 16.7. The summed E-state index contributed by atoms with van der Waals surface area (Å²) in [4.78, 5) is 7.31. The van der Waals surface area contributed by atoms with Gasteiger partial charge in [-0.1, -0.05) is 97.1 Å². The van der Waals surface area contributed by atoms with E-state index in [-0.39, 0.29) is 12.3 Å². The Kier molecular flexibility index (Phi) is 5.11. The summed E-state index contributed by atoms with van der Waals surface area (Å²) in [6.07, 6.45) is -0.150. The van der Waals surface area contributed by atoms with Gasteiger partial charge in [0.05, 0.1) is 0 Å². The fourth-order valence-electron chi connectivity index (χ4n) is 4.07. The molecule has 0 radical (unpaired) electrons. The van der Waals surface area contributed by atoms with Crippen molar-refractivity contribution in [2.24, 2.45) is 4.99 Å². The Hall–Kier alpha value is -2.95. The summed E-state index contributed by atoms with van der Waals surface area (Å²) >= 11 is 3.89. The monoisotopic (exact) mass is 455 g/mol. The molecule has 0 aromatic heterocycles. The van der Waals surface area contributed by atoms with E-state index in [9.17, 15) is 0 Å². The molecule has 0 amide bonds. The first-order chi connectivity index (χ1) is 14.7. The highest BCUT2D eigenvalue weighted by Crippen LogP contribution is 2.36. The fraction of sp³-hybridized carbons (Fsp3) is 0.115. The SMILES string of the molecule is CN1C(c2ccccc2)=NC(c2ccccc2)NC1c1ccc2ccccc2c1Br. The van der Waals surface area contributed by atoms with Crippen molar-refractivity contribution in [1.29, 1.82) is 0 Å². The van der Waals surface area contributed by atoms with Gasteiger partial charge < -0.3 is 4.90 Å². The quantitative estimate of drug-likeness (QED) is 0.393. The van der Waals surface area contributed by atoms with Crippen LogP contribution in [0.5, 0.6) is 0 Å². The van der Waals surface area contributed by atoms with Crippen LogP contribution in [0.15, 0.2) is 107 Å². The van der Waals surface area contributed by atoms with Crippen molar-refractivity contribution >= 4 is 32.5 Å². The number of halogens is 1. The third-order valence-electron chi connectivity index (χ3n) is 5.62. The molecule has 0 spiro atoms. The van der Waals surface area contributed by atoms with Gasteiger partial charge in [0.1, 0.15) is 18.2 Å². The molecule has 0 bridgehead atoms. The Morgan fingerprint density at radius 2 is 1.47 bits per heavy atom. The van der Waals surface area contributed by atoms with Crippen LogP contribution in [0, 0.1) is 0 Å². The van der Waals surface area contributed by atoms with Gasteiger partial charge in [-0.2, -0.15) is 0 Å². The minimum atomic E-state index is -0.124. The van der Waals surface area contributed by atoms with E-state index in [1.807, 2.05) is 12.1 Å². The van der Waals surface area contributed by atoms with Crippen molar-refractivity contribution in [3.05, 3.63) is 118 Å². The number of fused-ring (bicyclic) bond motifs is 1. The maximum Gasteiger partial charge on any atom is 0.134 e. The molecule has 0 fully saturated rings. The van der Waals surface area contributed by atoms with Crippen molar-refractivity contribution in [3.8, 4) is 0 Å². The molecule has 1 aliphatic heterocycles. The van der Waals surface area contributed by atoms with E-state index >= 15 is 0 Å². The summed E-state index contributed by atoms with van der Waals surface area (Å²) in [5.74, 6) is 0.980. The topological polar surface area (TPSA) is 27.6 Å². The Labute approximate surface area is 185 Å². The lowest BCUT2D eigenvalue weighted by Gasteiger charge is -2.39. The van der Waals surface area contributed by atoms with Crippen LogP contribution in [0.1, 0.15) is 29.0 Å². The molecule has 30 heavy (non-hydrogen) atoms. The Morgan fingerprint density at radius 1 is 0.800 bits per heavy atom. The van der Waals surface area contributed by atoms with Crippen LogP contribution in [0.2, 0.25) is 0 Å². The van der Waals surface area contributed by atoms with Crippen LogP contribution in [-0.4, -0.2) is 17.8 Å². The smallest absolute Gasteiger partial charge is 0.134 e. The molecule has 0 aliphatic carbocycles. The predicted molar refractivity (Wildman–Crippen MR) is 127 cm³/mol. The summed E-state index contributed by atoms with van der Waals surface area (Å²) in [7, 11) is 2.10. The number of benzene rings is 4. The molecular weight excluding hydrogens is 434 g/mol. The van der Waals surface area contributed by atoms with E-state index in [1.165, 1.54) is 16.3 Å². The van der Waals surface area contributed by atoms with Gasteiger partial charge in [0.15, 0.2) is 0 Å². The summed E-state index contributed by atoms with van der Waals surface area (Å²) in [5.41, 5.74) is 3.46. The van der Waals surface area contributed by atoms with E-state index in [0.29, 0.717) is 0 Å². The number of amidine groups is 1. The average Bonchev–Trinajstić information content (AvgIpc) is 2.81. The van der Waals surface area contributed by atoms with Gasteiger partial charge in [0.2, 0.25) is 0 Å². The van der Waals surface area contributed by atoms with Crippen molar-refractivity contribution in [2.75, 3.05) is 7.05 Å². The maximum atomic E-state index is 5.09. The summed E-state index contributed by atoms with van der Waals surface area (Å²) < 4.78 is 1.12. The number of nitrogens with one attached hydrogen (secondary N) is 1. The molecule has 4 aromatic rings. The molecule has 4 heteroatoms. The van der Waals surface area contributed by atoms with Crippen LogP contribution in [-0.2, 0) is 0 Å². The average molecular weight is 456 g/mol. The molecule has 1 aliphatic rings. The van der Waals surface area contributed by atoms with E-state index in [0.717, 1.165) is 21.4 Å². The third-order valence-corrected chi connectivity index (χ3v) is 6.51. The van der Waals surface area contributed by atoms with E-state index in [2.05, 4.69) is 118 Å². The van der Waals surface area contributed by atoms with E-state index in [1.54, 1.807) is 0 Å². The van der Waals surface area contributed by atoms with Crippen LogP contribution < -0.4 is 5.32 Å². The van der Waals surface area contributed by atoms with Gasteiger partial charge >= 0.3 is 0 Å². The first-order valence-electron chi connectivity index (χ1n) is 10.1. The number of nitrogens with zero attached hydrogens (tertiary/aromatic N) is 2. The highest BCUT2D eigenvalue weighted by Gasteiger charge is 2.31. The van der Waals surface area contributed by atoms with Crippen molar-refractivity contribution in [1.82, 2.24) is 10.2 Å². The van der Waals surface area contributed by atoms with Gasteiger partial charge in [0, 0.05) is 22.6 Å². The molecule has 5 rings (SSSR count). The summed E-state index contributed by atoms with van der Waals surface area (Å²) in [5, 5.41) is 6.19. The molecule has 1 N–H and O–H groups in total. The van der Waals surface area contributed by atoms with Crippen LogP contribution in [0.3, 0.4) is 0 Å². The second kappa shape index (κ2) is 8.05. The minimum absolute atomic E-state index is 0.0260. The van der Waals surface area contributed by atoms with Crippen molar-refractivity contribution in [2.45, 2.75) is 12.3 Å².